The van der Waals surface area contributed by atoms with Crippen LogP contribution in [0.2, 0.25) is 0 Å². The predicted molar refractivity (Wildman–Crippen MR) is 79.0 cm³/mol. The lowest BCUT2D eigenvalue weighted by Crippen LogP contribution is -2.45. The molecule has 6 heteroatoms. The highest BCUT2D eigenvalue weighted by Crippen LogP contribution is 2.17. The van der Waals surface area contributed by atoms with Gasteiger partial charge in [-0.3, -0.25) is 10.1 Å². The first-order valence-corrected chi connectivity index (χ1v) is 7.17. The van der Waals surface area contributed by atoms with Crippen LogP contribution in [0.4, 0.5) is 0 Å². The first-order chi connectivity index (χ1) is 9.94. The highest BCUT2D eigenvalue weighted by molar-refractivity contribution is 5.86. The van der Waals surface area contributed by atoms with E-state index in [0.29, 0.717) is 18.8 Å². The minimum absolute atomic E-state index is 0.0478. The second kappa shape index (κ2) is 7.83. The van der Waals surface area contributed by atoms with Gasteiger partial charge in [0.25, 0.3) is 0 Å². The number of carbonyl (C=O) groups excluding carboxylic acids is 2. The van der Waals surface area contributed by atoms with E-state index in [0.717, 1.165) is 0 Å². The standard InChI is InChI=1S/C15H24N2O4/c1-6-17(7-2)14(18)11(4)16-10(3)12-8-9-13(21-12)15(19)20-5/h8-11,16H,6-7H2,1-5H3. The molecule has 1 aromatic rings. The Bertz CT molecular complexity index is 480. The first-order valence-electron chi connectivity index (χ1n) is 7.17. The molecule has 1 aromatic heterocycles. The number of nitrogens with one attached hydrogen (secondary N) is 1. The second-order valence-electron chi connectivity index (χ2n) is 4.81. The summed E-state index contributed by atoms with van der Waals surface area (Å²) in [5, 5.41) is 3.18. The zero-order valence-corrected chi connectivity index (χ0v) is 13.3. The molecule has 0 saturated carbocycles. The Kier molecular flexibility index (Phi) is 6.42. The molecule has 0 aliphatic heterocycles. The van der Waals surface area contributed by atoms with Gasteiger partial charge in [-0.2, -0.15) is 0 Å². The third kappa shape index (κ3) is 4.32. The normalized spacial score (nSPS) is 13.6. The Morgan fingerprint density at radius 1 is 1.29 bits per heavy atom. The molecule has 0 saturated heterocycles. The van der Waals surface area contributed by atoms with Crippen molar-refractivity contribution in [2.75, 3.05) is 20.2 Å². The van der Waals surface area contributed by atoms with Crippen LogP contribution in [0.5, 0.6) is 0 Å². The maximum absolute atomic E-state index is 12.2. The number of amides is 1. The van der Waals surface area contributed by atoms with Crippen molar-refractivity contribution in [1.29, 1.82) is 0 Å². The summed E-state index contributed by atoms with van der Waals surface area (Å²) >= 11 is 0. The average Bonchev–Trinajstić information content (AvgIpc) is 2.97. The van der Waals surface area contributed by atoms with E-state index in [-0.39, 0.29) is 23.8 Å². The van der Waals surface area contributed by atoms with Gasteiger partial charge in [-0.1, -0.05) is 0 Å². The van der Waals surface area contributed by atoms with Crippen LogP contribution in [0.1, 0.15) is 50.1 Å². The lowest BCUT2D eigenvalue weighted by atomic mass is 10.2. The van der Waals surface area contributed by atoms with Crippen LogP contribution in [0, 0.1) is 0 Å². The lowest BCUT2D eigenvalue weighted by Gasteiger charge is -2.25. The third-order valence-corrected chi connectivity index (χ3v) is 3.39. The monoisotopic (exact) mass is 296 g/mol. The van der Waals surface area contributed by atoms with Crippen molar-refractivity contribution in [2.24, 2.45) is 0 Å². The number of nitrogens with zero attached hydrogens (tertiary/aromatic N) is 1. The van der Waals surface area contributed by atoms with E-state index in [1.54, 1.807) is 17.0 Å². The number of methoxy groups -OCH3 is 1. The van der Waals surface area contributed by atoms with Gasteiger partial charge >= 0.3 is 5.97 Å². The van der Waals surface area contributed by atoms with Crippen LogP contribution in [-0.4, -0.2) is 43.0 Å². The Hall–Kier alpha value is -1.82. The number of esters is 1. The van der Waals surface area contributed by atoms with Gasteiger partial charge in [0.05, 0.1) is 19.2 Å². The molecule has 2 atom stereocenters. The molecule has 1 amide bonds. The zero-order chi connectivity index (χ0) is 16.0. The smallest absolute Gasteiger partial charge is 0.373 e. The largest absolute Gasteiger partial charge is 0.463 e. The summed E-state index contributed by atoms with van der Waals surface area (Å²) in [6, 6.07) is 2.76. The fraction of sp³-hybridized carbons (Fsp3) is 0.600. The maximum Gasteiger partial charge on any atom is 0.373 e. The highest BCUT2D eigenvalue weighted by atomic mass is 16.5. The summed E-state index contributed by atoms with van der Waals surface area (Å²) in [5.74, 6) is 0.283. The van der Waals surface area contributed by atoms with Crippen LogP contribution in [0.25, 0.3) is 0 Å². The molecule has 0 radical (unpaired) electrons. The van der Waals surface area contributed by atoms with Gasteiger partial charge in [-0.05, 0) is 39.8 Å². The summed E-state index contributed by atoms with van der Waals surface area (Å²) < 4.78 is 10.0. The average molecular weight is 296 g/mol. The van der Waals surface area contributed by atoms with Crippen LogP contribution < -0.4 is 5.32 Å². The third-order valence-electron chi connectivity index (χ3n) is 3.39. The van der Waals surface area contributed by atoms with Crippen molar-refractivity contribution in [1.82, 2.24) is 10.2 Å². The molecule has 0 aromatic carbocycles. The summed E-state index contributed by atoms with van der Waals surface area (Å²) in [7, 11) is 1.30. The van der Waals surface area contributed by atoms with Gasteiger partial charge in [0, 0.05) is 13.1 Å². The highest BCUT2D eigenvalue weighted by Gasteiger charge is 2.22. The fourth-order valence-electron chi connectivity index (χ4n) is 2.13. The Labute approximate surface area is 125 Å². The van der Waals surface area contributed by atoms with Gasteiger partial charge in [-0.25, -0.2) is 4.79 Å². The van der Waals surface area contributed by atoms with E-state index < -0.39 is 5.97 Å². The Morgan fingerprint density at radius 2 is 1.90 bits per heavy atom. The van der Waals surface area contributed by atoms with E-state index in [2.05, 4.69) is 10.1 Å². The van der Waals surface area contributed by atoms with Crippen molar-refractivity contribution in [3.05, 3.63) is 23.7 Å². The molecule has 1 N–H and O–H groups in total. The molecule has 0 aliphatic rings. The SMILES string of the molecule is CCN(CC)C(=O)C(C)NC(C)c1ccc(C(=O)OC)o1. The molecule has 0 bridgehead atoms. The summed E-state index contributed by atoms with van der Waals surface area (Å²) in [6.45, 7) is 8.97. The fourth-order valence-corrected chi connectivity index (χ4v) is 2.13. The molecule has 0 spiro atoms. The van der Waals surface area contributed by atoms with Crippen molar-refractivity contribution in [3.63, 3.8) is 0 Å². The minimum atomic E-state index is -0.513. The molecular weight excluding hydrogens is 272 g/mol. The molecular formula is C15H24N2O4. The number of likely N-dealkylation sites (N-methyl/N-ethyl adjacent to an activating group) is 1. The number of ether oxygens (including phenoxy) is 1. The van der Waals surface area contributed by atoms with Crippen LogP contribution in [-0.2, 0) is 9.53 Å². The van der Waals surface area contributed by atoms with Gasteiger partial charge in [0.1, 0.15) is 5.76 Å². The van der Waals surface area contributed by atoms with Crippen LogP contribution >= 0.6 is 0 Å². The summed E-state index contributed by atoms with van der Waals surface area (Å²) in [6.07, 6.45) is 0. The summed E-state index contributed by atoms with van der Waals surface area (Å²) in [5.41, 5.74) is 0. The molecule has 0 aliphatic carbocycles. The molecule has 118 valence electrons. The maximum atomic E-state index is 12.2. The molecule has 21 heavy (non-hydrogen) atoms. The molecule has 2 unspecified atom stereocenters. The lowest BCUT2D eigenvalue weighted by molar-refractivity contribution is -0.132. The molecule has 1 rings (SSSR count). The number of carbonyl (C=O) groups is 2. The van der Waals surface area contributed by atoms with E-state index in [9.17, 15) is 9.59 Å². The van der Waals surface area contributed by atoms with Crippen molar-refractivity contribution in [2.45, 2.75) is 39.8 Å². The molecule has 0 fully saturated rings. The topological polar surface area (TPSA) is 71.8 Å². The summed E-state index contributed by atoms with van der Waals surface area (Å²) in [4.78, 5) is 25.3. The Balaban J connectivity index is 2.68. The number of hydrogen-bond donors (Lipinski definition) is 1. The van der Waals surface area contributed by atoms with Gasteiger partial charge in [0.15, 0.2) is 0 Å². The van der Waals surface area contributed by atoms with E-state index in [1.165, 1.54) is 7.11 Å². The predicted octanol–water partition coefficient (Wildman–Crippen LogP) is 1.97. The van der Waals surface area contributed by atoms with Crippen LogP contribution in [0.3, 0.4) is 0 Å². The number of furan rings is 1. The van der Waals surface area contributed by atoms with Crippen molar-refractivity contribution >= 4 is 11.9 Å². The second-order valence-corrected chi connectivity index (χ2v) is 4.81. The minimum Gasteiger partial charge on any atom is -0.463 e. The number of rotatable bonds is 7. The van der Waals surface area contributed by atoms with E-state index in [1.807, 2.05) is 27.7 Å². The van der Waals surface area contributed by atoms with Crippen LogP contribution in [0.15, 0.2) is 16.5 Å². The van der Waals surface area contributed by atoms with Gasteiger partial charge < -0.3 is 14.1 Å². The van der Waals surface area contributed by atoms with Gasteiger partial charge in [-0.15, -0.1) is 0 Å². The van der Waals surface area contributed by atoms with Crippen molar-refractivity contribution < 1.29 is 18.7 Å². The van der Waals surface area contributed by atoms with E-state index in [4.69, 9.17) is 4.42 Å². The van der Waals surface area contributed by atoms with E-state index >= 15 is 0 Å². The quantitative estimate of drug-likeness (QED) is 0.779. The van der Waals surface area contributed by atoms with Crippen molar-refractivity contribution in [3.8, 4) is 0 Å². The molecule has 1 heterocycles. The Morgan fingerprint density at radius 3 is 2.43 bits per heavy atom. The first kappa shape index (κ1) is 17.2. The number of hydrogen-bond acceptors (Lipinski definition) is 5. The molecule has 6 nitrogen and oxygen atoms in total. The zero-order valence-electron chi connectivity index (χ0n) is 13.3. The van der Waals surface area contributed by atoms with Gasteiger partial charge in [0.2, 0.25) is 11.7 Å².